The lowest BCUT2D eigenvalue weighted by molar-refractivity contribution is -0.146. The molecule has 1 amide bonds. The fourth-order valence-electron chi connectivity index (χ4n) is 2.23. The Kier molecular flexibility index (Phi) is 4.16. The highest BCUT2D eigenvalue weighted by molar-refractivity contribution is 5.83. The molecule has 0 saturated carbocycles. The second kappa shape index (κ2) is 5.83. The van der Waals surface area contributed by atoms with Crippen LogP contribution in [-0.2, 0) is 22.7 Å². The van der Waals surface area contributed by atoms with Crippen LogP contribution in [0, 0.1) is 0 Å². The Bertz CT molecular complexity index is 471. The maximum absolute atomic E-state index is 11.4. The monoisotopic (exact) mass is 266 g/mol. The topological polar surface area (TPSA) is 87.5 Å². The van der Waals surface area contributed by atoms with Crippen molar-refractivity contribution in [2.75, 3.05) is 13.1 Å². The van der Waals surface area contributed by atoms with Crippen LogP contribution in [0.25, 0.3) is 0 Å². The van der Waals surface area contributed by atoms with Gasteiger partial charge in [0.15, 0.2) is 0 Å². The molecule has 0 aromatic carbocycles. The van der Waals surface area contributed by atoms with E-state index >= 15 is 0 Å². The number of hydrogen-bond acceptors (Lipinski definition) is 4. The first-order valence-corrected chi connectivity index (χ1v) is 6.34. The van der Waals surface area contributed by atoms with Crippen LogP contribution in [0.2, 0.25) is 0 Å². The first-order valence-electron chi connectivity index (χ1n) is 6.34. The minimum Gasteiger partial charge on any atom is -0.480 e. The van der Waals surface area contributed by atoms with E-state index in [1.165, 1.54) is 0 Å². The molecule has 0 bridgehead atoms. The van der Waals surface area contributed by atoms with Gasteiger partial charge in [0.05, 0.1) is 18.6 Å². The maximum atomic E-state index is 11.4. The molecule has 1 aliphatic rings. The van der Waals surface area contributed by atoms with Crippen LogP contribution in [-0.4, -0.2) is 50.6 Å². The molecule has 2 rings (SSSR count). The average molecular weight is 266 g/mol. The second-order valence-corrected chi connectivity index (χ2v) is 4.64. The molecule has 0 radical (unpaired) electrons. The summed E-state index contributed by atoms with van der Waals surface area (Å²) in [5.41, 5.74) is 0.933. The van der Waals surface area contributed by atoms with E-state index in [4.69, 9.17) is 0 Å². The normalized spacial score (nSPS) is 20.3. The number of rotatable bonds is 5. The van der Waals surface area contributed by atoms with Crippen LogP contribution in [0.15, 0.2) is 12.5 Å². The van der Waals surface area contributed by atoms with Gasteiger partial charge in [-0.25, -0.2) is 4.98 Å². The number of amides is 1. The van der Waals surface area contributed by atoms with E-state index in [1.807, 2.05) is 4.57 Å². The molecule has 1 fully saturated rings. The van der Waals surface area contributed by atoms with Crippen LogP contribution in [0.5, 0.6) is 0 Å². The minimum absolute atomic E-state index is 0.105. The third-order valence-corrected chi connectivity index (χ3v) is 3.19. The van der Waals surface area contributed by atoms with Gasteiger partial charge in [-0.1, -0.05) is 6.92 Å². The summed E-state index contributed by atoms with van der Waals surface area (Å²) < 4.78 is 1.99. The van der Waals surface area contributed by atoms with Gasteiger partial charge >= 0.3 is 5.97 Å². The summed E-state index contributed by atoms with van der Waals surface area (Å²) in [5.74, 6) is -1.05. The summed E-state index contributed by atoms with van der Waals surface area (Å²) in [4.78, 5) is 28.4. The number of imidazole rings is 1. The molecule has 1 saturated heterocycles. The maximum Gasteiger partial charge on any atom is 0.322 e. The van der Waals surface area contributed by atoms with Crippen LogP contribution in [0.1, 0.15) is 19.0 Å². The van der Waals surface area contributed by atoms with Crippen LogP contribution in [0.3, 0.4) is 0 Å². The smallest absolute Gasteiger partial charge is 0.322 e. The molecule has 1 aromatic heterocycles. The molecular weight excluding hydrogens is 248 g/mol. The number of carbonyl (C=O) groups is 2. The molecule has 0 spiro atoms. The summed E-state index contributed by atoms with van der Waals surface area (Å²) in [5, 5.41) is 11.8. The number of hydrogen-bond donors (Lipinski definition) is 2. The lowest BCUT2D eigenvalue weighted by Crippen LogP contribution is -2.57. The Morgan fingerprint density at radius 1 is 1.63 bits per heavy atom. The third-order valence-electron chi connectivity index (χ3n) is 3.19. The molecular formula is C12H18N4O3. The van der Waals surface area contributed by atoms with E-state index < -0.39 is 12.0 Å². The molecule has 7 nitrogen and oxygen atoms in total. The predicted octanol–water partition coefficient (Wildman–Crippen LogP) is -0.322. The zero-order valence-electron chi connectivity index (χ0n) is 10.9. The van der Waals surface area contributed by atoms with E-state index in [1.54, 1.807) is 17.4 Å². The van der Waals surface area contributed by atoms with Gasteiger partial charge in [-0.3, -0.25) is 14.5 Å². The van der Waals surface area contributed by atoms with E-state index in [0.29, 0.717) is 6.54 Å². The van der Waals surface area contributed by atoms with Gasteiger partial charge in [-0.05, 0) is 6.42 Å². The van der Waals surface area contributed by atoms with Crippen molar-refractivity contribution in [1.29, 1.82) is 0 Å². The third kappa shape index (κ3) is 3.11. The van der Waals surface area contributed by atoms with Gasteiger partial charge in [0.2, 0.25) is 5.91 Å². The van der Waals surface area contributed by atoms with Gasteiger partial charge < -0.3 is 15.0 Å². The molecule has 1 aliphatic heterocycles. The quantitative estimate of drug-likeness (QED) is 0.762. The lowest BCUT2D eigenvalue weighted by atomic mass is 10.2. The van der Waals surface area contributed by atoms with Crippen molar-refractivity contribution < 1.29 is 14.7 Å². The highest BCUT2D eigenvalue weighted by Crippen LogP contribution is 2.11. The van der Waals surface area contributed by atoms with Gasteiger partial charge in [-0.2, -0.15) is 0 Å². The SMILES string of the molecule is CCCn1cncc1CN1CC(=O)NCC1C(=O)O. The molecule has 19 heavy (non-hydrogen) atoms. The van der Waals surface area contributed by atoms with Crippen molar-refractivity contribution in [3.05, 3.63) is 18.2 Å². The first-order chi connectivity index (χ1) is 9.11. The molecule has 1 aromatic rings. The first kappa shape index (κ1) is 13.5. The number of piperazine rings is 1. The molecule has 2 N–H and O–H groups in total. The number of carbonyl (C=O) groups excluding carboxylic acids is 1. The zero-order valence-corrected chi connectivity index (χ0v) is 10.9. The summed E-state index contributed by atoms with van der Waals surface area (Å²) in [7, 11) is 0. The number of nitrogens with one attached hydrogen (secondary N) is 1. The number of carboxylic acid groups (broad SMARTS) is 1. The van der Waals surface area contributed by atoms with E-state index in [9.17, 15) is 14.7 Å². The van der Waals surface area contributed by atoms with E-state index in [0.717, 1.165) is 18.7 Å². The van der Waals surface area contributed by atoms with Crippen molar-refractivity contribution in [2.45, 2.75) is 32.5 Å². The van der Waals surface area contributed by atoms with Crippen molar-refractivity contribution in [3.8, 4) is 0 Å². The number of aryl methyl sites for hydroxylation is 1. The molecule has 1 atom stereocenters. The molecule has 0 aliphatic carbocycles. The summed E-state index contributed by atoms with van der Waals surface area (Å²) in [6.45, 7) is 3.58. The van der Waals surface area contributed by atoms with Crippen molar-refractivity contribution in [2.24, 2.45) is 0 Å². The van der Waals surface area contributed by atoms with Gasteiger partial charge in [0.1, 0.15) is 6.04 Å². The molecule has 7 heteroatoms. The summed E-state index contributed by atoms with van der Waals surface area (Å²) in [6, 6.07) is -0.678. The number of carboxylic acids is 1. The van der Waals surface area contributed by atoms with Crippen LogP contribution >= 0.6 is 0 Å². The fourth-order valence-corrected chi connectivity index (χ4v) is 2.23. The molecule has 104 valence electrons. The number of nitrogens with zero attached hydrogens (tertiary/aromatic N) is 3. The summed E-state index contributed by atoms with van der Waals surface area (Å²) in [6.07, 6.45) is 4.44. The Hall–Kier alpha value is -1.89. The highest BCUT2D eigenvalue weighted by atomic mass is 16.4. The minimum atomic E-state index is -0.915. The Morgan fingerprint density at radius 3 is 3.11 bits per heavy atom. The predicted molar refractivity (Wildman–Crippen MR) is 67.4 cm³/mol. The number of aromatic nitrogens is 2. The highest BCUT2D eigenvalue weighted by Gasteiger charge is 2.32. The van der Waals surface area contributed by atoms with Gasteiger partial charge in [-0.15, -0.1) is 0 Å². The van der Waals surface area contributed by atoms with Crippen molar-refractivity contribution in [1.82, 2.24) is 19.8 Å². The zero-order chi connectivity index (χ0) is 13.8. The van der Waals surface area contributed by atoms with E-state index in [2.05, 4.69) is 17.2 Å². The molecule has 2 heterocycles. The standard InChI is InChI=1S/C12H18N4O3/c1-2-3-15-8-13-4-9(15)6-16-7-11(17)14-5-10(16)12(18)19/h4,8,10H,2-3,5-7H2,1H3,(H,14,17)(H,18,19). The number of aliphatic carboxylic acids is 1. The van der Waals surface area contributed by atoms with Crippen LogP contribution < -0.4 is 5.32 Å². The van der Waals surface area contributed by atoms with Crippen LogP contribution in [0.4, 0.5) is 0 Å². The largest absolute Gasteiger partial charge is 0.480 e. The van der Waals surface area contributed by atoms with Crippen molar-refractivity contribution in [3.63, 3.8) is 0 Å². The molecule has 1 unspecified atom stereocenters. The Morgan fingerprint density at radius 2 is 2.42 bits per heavy atom. The van der Waals surface area contributed by atoms with Crippen molar-refractivity contribution >= 4 is 11.9 Å². The average Bonchev–Trinajstić information content (AvgIpc) is 2.77. The van der Waals surface area contributed by atoms with Gasteiger partial charge in [0, 0.05) is 25.8 Å². The van der Waals surface area contributed by atoms with Gasteiger partial charge in [0.25, 0.3) is 0 Å². The van der Waals surface area contributed by atoms with E-state index in [-0.39, 0.29) is 19.0 Å². The Labute approximate surface area is 111 Å². The lowest BCUT2D eigenvalue weighted by Gasteiger charge is -2.32. The Balaban J connectivity index is 2.11. The summed E-state index contributed by atoms with van der Waals surface area (Å²) >= 11 is 0. The fraction of sp³-hybridized carbons (Fsp3) is 0.583. The second-order valence-electron chi connectivity index (χ2n) is 4.64.